The summed E-state index contributed by atoms with van der Waals surface area (Å²) in [7, 11) is 2.12. The van der Waals surface area contributed by atoms with E-state index >= 15 is 0 Å². The Bertz CT molecular complexity index is 490. The maximum Gasteiger partial charge on any atom is 0.255 e. The van der Waals surface area contributed by atoms with E-state index in [0.717, 1.165) is 56.4 Å². The molecule has 0 aromatic carbocycles. The quantitative estimate of drug-likeness (QED) is 0.680. The van der Waals surface area contributed by atoms with Crippen LogP contribution in [-0.4, -0.2) is 54.6 Å². The number of H-pyrrole nitrogens is 1. The molecule has 0 aliphatic carbocycles. The summed E-state index contributed by atoms with van der Waals surface area (Å²) in [5.41, 5.74) is 1.81. The first-order valence-corrected chi connectivity index (χ1v) is 6.50. The molecule has 0 atom stereocenters. The largest absolute Gasteiger partial charge is 0.340 e. The van der Waals surface area contributed by atoms with Crippen LogP contribution in [-0.2, 0) is 13.0 Å². The molecule has 0 spiro atoms. The molecule has 0 unspecified atom stereocenters. The van der Waals surface area contributed by atoms with Gasteiger partial charge in [0.15, 0.2) is 0 Å². The molecule has 1 aromatic rings. The van der Waals surface area contributed by atoms with Crippen LogP contribution in [0, 0.1) is 0 Å². The predicted octanol–water partition coefficient (Wildman–Crippen LogP) is -0.833. The van der Waals surface area contributed by atoms with E-state index < -0.39 is 0 Å². The number of fused-ring (bicyclic) bond motifs is 1. The van der Waals surface area contributed by atoms with Crippen LogP contribution in [0.3, 0.4) is 0 Å². The maximum atomic E-state index is 12.0. The van der Waals surface area contributed by atoms with Crippen molar-refractivity contribution in [2.45, 2.75) is 13.0 Å². The highest BCUT2D eigenvalue weighted by Crippen LogP contribution is 2.13. The fourth-order valence-corrected chi connectivity index (χ4v) is 2.52. The first-order valence-electron chi connectivity index (χ1n) is 6.50. The molecule has 6 nitrogen and oxygen atoms in total. The normalized spacial score (nSPS) is 20.8. The molecule has 98 valence electrons. The van der Waals surface area contributed by atoms with Crippen molar-refractivity contribution in [3.8, 4) is 0 Å². The number of anilines is 1. The second-order valence-electron chi connectivity index (χ2n) is 5.03. The molecular formula is C12H19N5O. The summed E-state index contributed by atoms with van der Waals surface area (Å²) in [6.45, 7) is 5.45. The van der Waals surface area contributed by atoms with E-state index in [1.807, 2.05) is 0 Å². The van der Waals surface area contributed by atoms with Crippen LogP contribution in [0.4, 0.5) is 5.95 Å². The van der Waals surface area contributed by atoms with Crippen LogP contribution in [0.25, 0.3) is 0 Å². The van der Waals surface area contributed by atoms with Gasteiger partial charge in [-0.25, -0.2) is 4.98 Å². The second kappa shape index (κ2) is 4.70. The average Bonchev–Trinajstić information content (AvgIpc) is 2.39. The van der Waals surface area contributed by atoms with E-state index in [2.05, 4.69) is 32.1 Å². The monoisotopic (exact) mass is 249 g/mol. The zero-order valence-corrected chi connectivity index (χ0v) is 10.7. The smallest absolute Gasteiger partial charge is 0.255 e. The lowest BCUT2D eigenvalue weighted by Crippen LogP contribution is -2.46. The molecule has 3 rings (SSSR count). The van der Waals surface area contributed by atoms with Gasteiger partial charge in [0, 0.05) is 38.3 Å². The summed E-state index contributed by atoms with van der Waals surface area (Å²) in [6.07, 6.45) is 0.778. The Labute approximate surface area is 106 Å². The van der Waals surface area contributed by atoms with Crippen LogP contribution in [0.15, 0.2) is 4.79 Å². The first kappa shape index (κ1) is 11.7. The molecule has 2 aliphatic heterocycles. The number of hydrogen-bond donors (Lipinski definition) is 2. The van der Waals surface area contributed by atoms with Gasteiger partial charge in [-0.2, -0.15) is 0 Å². The first-order chi connectivity index (χ1) is 8.74. The molecule has 2 N–H and O–H groups in total. The van der Waals surface area contributed by atoms with E-state index in [9.17, 15) is 4.79 Å². The van der Waals surface area contributed by atoms with Crippen LogP contribution in [0.1, 0.15) is 11.3 Å². The molecule has 0 bridgehead atoms. The fourth-order valence-electron chi connectivity index (χ4n) is 2.52. The average molecular weight is 249 g/mol. The van der Waals surface area contributed by atoms with Gasteiger partial charge in [0.25, 0.3) is 5.56 Å². The van der Waals surface area contributed by atoms with Crippen LogP contribution >= 0.6 is 0 Å². The van der Waals surface area contributed by atoms with E-state index in [0.29, 0.717) is 6.54 Å². The van der Waals surface area contributed by atoms with E-state index in [1.165, 1.54) is 0 Å². The number of rotatable bonds is 1. The Morgan fingerprint density at radius 2 is 2.00 bits per heavy atom. The van der Waals surface area contributed by atoms with E-state index in [4.69, 9.17) is 0 Å². The highest BCUT2D eigenvalue weighted by molar-refractivity contribution is 5.34. The molecule has 1 saturated heterocycles. The highest BCUT2D eigenvalue weighted by Gasteiger charge is 2.20. The van der Waals surface area contributed by atoms with Crippen molar-refractivity contribution in [1.82, 2.24) is 20.2 Å². The number of aromatic amines is 1. The maximum absolute atomic E-state index is 12.0. The lowest BCUT2D eigenvalue weighted by atomic mass is 10.1. The molecule has 1 aromatic heterocycles. The van der Waals surface area contributed by atoms with Crippen molar-refractivity contribution in [1.29, 1.82) is 0 Å². The highest BCUT2D eigenvalue weighted by atomic mass is 16.1. The SMILES string of the molecule is CN1CCN(c2nc3c(c(=O)[nH]2)CCNC3)CC1. The number of hydrogen-bond acceptors (Lipinski definition) is 5. The Morgan fingerprint density at radius 1 is 1.22 bits per heavy atom. The Hall–Kier alpha value is -1.40. The number of likely N-dealkylation sites (N-methyl/N-ethyl adjacent to an activating group) is 1. The van der Waals surface area contributed by atoms with Gasteiger partial charge < -0.3 is 15.1 Å². The van der Waals surface area contributed by atoms with Crippen molar-refractivity contribution in [3.63, 3.8) is 0 Å². The van der Waals surface area contributed by atoms with Crippen molar-refractivity contribution in [2.24, 2.45) is 0 Å². The lowest BCUT2D eigenvalue weighted by molar-refractivity contribution is 0.311. The minimum Gasteiger partial charge on any atom is -0.340 e. The minimum atomic E-state index is 0.0374. The topological polar surface area (TPSA) is 64.3 Å². The fraction of sp³-hybridized carbons (Fsp3) is 0.667. The summed E-state index contributed by atoms with van der Waals surface area (Å²) in [4.78, 5) is 24.0. The predicted molar refractivity (Wildman–Crippen MR) is 70.0 cm³/mol. The number of nitrogens with zero attached hydrogens (tertiary/aromatic N) is 3. The Kier molecular flexibility index (Phi) is 3.05. The molecule has 0 saturated carbocycles. The van der Waals surface area contributed by atoms with Gasteiger partial charge in [0.2, 0.25) is 5.95 Å². The van der Waals surface area contributed by atoms with Gasteiger partial charge in [0.1, 0.15) is 0 Å². The summed E-state index contributed by atoms with van der Waals surface area (Å²) < 4.78 is 0. The number of aromatic nitrogens is 2. The van der Waals surface area contributed by atoms with Gasteiger partial charge in [0.05, 0.1) is 5.69 Å². The summed E-state index contributed by atoms with van der Waals surface area (Å²) in [5.74, 6) is 0.732. The van der Waals surface area contributed by atoms with Crippen molar-refractivity contribution >= 4 is 5.95 Å². The molecule has 18 heavy (non-hydrogen) atoms. The molecule has 2 aliphatic rings. The van der Waals surface area contributed by atoms with E-state index in [-0.39, 0.29) is 5.56 Å². The van der Waals surface area contributed by atoms with Gasteiger partial charge >= 0.3 is 0 Å². The molecule has 0 amide bonds. The van der Waals surface area contributed by atoms with Crippen molar-refractivity contribution in [2.75, 3.05) is 44.7 Å². The summed E-state index contributed by atoms with van der Waals surface area (Å²) in [6, 6.07) is 0. The second-order valence-corrected chi connectivity index (χ2v) is 5.03. The summed E-state index contributed by atoms with van der Waals surface area (Å²) in [5, 5.41) is 3.26. The molecular weight excluding hydrogens is 230 g/mol. The van der Waals surface area contributed by atoms with Crippen LogP contribution in [0.5, 0.6) is 0 Å². The molecule has 0 radical (unpaired) electrons. The zero-order valence-electron chi connectivity index (χ0n) is 10.7. The zero-order chi connectivity index (χ0) is 12.5. The number of nitrogens with one attached hydrogen (secondary N) is 2. The molecule has 1 fully saturated rings. The Balaban J connectivity index is 1.89. The van der Waals surface area contributed by atoms with Gasteiger partial charge in [-0.15, -0.1) is 0 Å². The van der Waals surface area contributed by atoms with Gasteiger partial charge in [-0.05, 0) is 20.0 Å². The van der Waals surface area contributed by atoms with Gasteiger partial charge in [-0.1, -0.05) is 0 Å². The van der Waals surface area contributed by atoms with Crippen LogP contribution < -0.4 is 15.8 Å². The minimum absolute atomic E-state index is 0.0374. The third-order valence-corrected chi connectivity index (χ3v) is 3.74. The molecule has 3 heterocycles. The van der Waals surface area contributed by atoms with Crippen molar-refractivity contribution < 1.29 is 0 Å². The standard InChI is InChI=1S/C12H19N5O/c1-16-4-6-17(7-5-16)12-14-10-8-13-3-2-9(10)11(18)15-12/h13H,2-8H2,1H3,(H,14,15,18). The third kappa shape index (κ3) is 2.13. The van der Waals surface area contributed by atoms with E-state index in [1.54, 1.807) is 0 Å². The van der Waals surface area contributed by atoms with Gasteiger partial charge in [-0.3, -0.25) is 9.78 Å². The van der Waals surface area contributed by atoms with Crippen LogP contribution in [0.2, 0.25) is 0 Å². The summed E-state index contributed by atoms with van der Waals surface area (Å²) >= 11 is 0. The van der Waals surface area contributed by atoms with Crippen molar-refractivity contribution in [3.05, 3.63) is 21.6 Å². The lowest BCUT2D eigenvalue weighted by Gasteiger charge is -2.33. The molecule has 6 heteroatoms. The Morgan fingerprint density at radius 3 is 2.78 bits per heavy atom. The number of piperazine rings is 1. The third-order valence-electron chi connectivity index (χ3n) is 3.74.